The molecule has 4 N–H and O–H groups in total. The van der Waals surface area contributed by atoms with Gasteiger partial charge in [-0.25, -0.2) is 0 Å². The van der Waals surface area contributed by atoms with Crippen molar-refractivity contribution in [1.29, 1.82) is 0 Å². The van der Waals surface area contributed by atoms with Gasteiger partial charge in [-0.1, -0.05) is 11.2 Å². The third-order valence-electron chi connectivity index (χ3n) is 1.56. The van der Waals surface area contributed by atoms with Gasteiger partial charge < -0.3 is 16.0 Å². The van der Waals surface area contributed by atoms with Crippen LogP contribution in [0.2, 0.25) is 0 Å². The molecule has 1 aromatic carbocycles. The number of nitrogens with two attached hydrogens (primary N) is 2. The lowest BCUT2D eigenvalue weighted by Crippen LogP contribution is -1.87. The van der Waals surface area contributed by atoms with Gasteiger partial charge in [-0.2, -0.15) is 0 Å². The Balaban J connectivity index is 2.96. The summed E-state index contributed by atoms with van der Waals surface area (Å²) < 4.78 is 4.74. The van der Waals surface area contributed by atoms with Gasteiger partial charge in [-0.3, -0.25) is 0 Å². The van der Waals surface area contributed by atoms with Crippen LogP contribution >= 0.6 is 0 Å². The molecule has 1 aromatic heterocycles. The number of nitrogens with zero attached hydrogens (tertiary/aromatic N) is 1. The van der Waals surface area contributed by atoms with Crippen LogP contribution in [0.3, 0.4) is 0 Å². The van der Waals surface area contributed by atoms with E-state index in [1.54, 1.807) is 18.2 Å². The SMILES string of the molecule is Nc1cccc2noc(N)c12. The van der Waals surface area contributed by atoms with Crippen LogP contribution in [-0.4, -0.2) is 5.16 Å². The Bertz CT molecular complexity index is 393. The quantitative estimate of drug-likeness (QED) is 0.547. The molecule has 0 saturated carbocycles. The Morgan fingerprint density at radius 3 is 2.82 bits per heavy atom. The molecule has 56 valence electrons. The van der Waals surface area contributed by atoms with Gasteiger partial charge in [0.2, 0.25) is 5.88 Å². The van der Waals surface area contributed by atoms with Gasteiger partial charge in [0.25, 0.3) is 0 Å². The summed E-state index contributed by atoms with van der Waals surface area (Å²) in [5, 5.41) is 4.40. The zero-order chi connectivity index (χ0) is 7.84. The summed E-state index contributed by atoms with van der Waals surface area (Å²) >= 11 is 0. The lowest BCUT2D eigenvalue weighted by Gasteiger charge is -1.91. The fraction of sp³-hybridized carbons (Fsp3) is 0. The lowest BCUT2D eigenvalue weighted by atomic mass is 10.2. The molecule has 0 saturated heterocycles. The number of rotatable bonds is 0. The predicted molar refractivity (Wildman–Crippen MR) is 42.8 cm³/mol. The molecule has 0 aliphatic rings. The Labute approximate surface area is 62.8 Å². The van der Waals surface area contributed by atoms with Crippen molar-refractivity contribution < 1.29 is 4.52 Å². The van der Waals surface area contributed by atoms with E-state index >= 15 is 0 Å². The van der Waals surface area contributed by atoms with E-state index in [0.29, 0.717) is 16.6 Å². The normalized spacial score (nSPS) is 10.5. The third-order valence-corrected chi connectivity index (χ3v) is 1.56. The van der Waals surface area contributed by atoms with Crippen LogP contribution in [0.4, 0.5) is 11.6 Å². The molecule has 0 atom stereocenters. The van der Waals surface area contributed by atoms with E-state index < -0.39 is 0 Å². The van der Waals surface area contributed by atoms with Crippen LogP contribution in [0.25, 0.3) is 10.9 Å². The van der Waals surface area contributed by atoms with Gasteiger partial charge in [0.1, 0.15) is 5.52 Å². The molecule has 0 fully saturated rings. The molecular weight excluding hydrogens is 142 g/mol. The minimum atomic E-state index is 0.276. The monoisotopic (exact) mass is 149 g/mol. The van der Waals surface area contributed by atoms with Crippen molar-refractivity contribution in [2.75, 3.05) is 11.5 Å². The minimum absolute atomic E-state index is 0.276. The van der Waals surface area contributed by atoms with Crippen molar-refractivity contribution in [3.05, 3.63) is 18.2 Å². The van der Waals surface area contributed by atoms with Crippen LogP contribution in [0.5, 0.6) is 0 Å². The Morgan fingerprint density at radius 2 is 2.09 bits per heavy atom. The average Bonchev–Trinajstić information content (AvgIpc) is 2.34. The van der Waals surface area contributed by atoms with Gasteiger partial charge in [0, 0.05) is 5.69 Å². The maximum Gasteiger partial charge on any atom is 0.232 e. The van der Waals surface area contributed by atoms with Crippen molar-refractivity contribution in [2.24, 2.45) is 0 Å². The molecule has 0 radical (unpaired) electrons. The van der Waals surface area contributed by atoms with E-state index in [2.05, 4.69) is 5.16 Å². The van der Waals surface area contributed by atoms with Crippen LogP contribution in [0.1, 0.15) is 0 Å². The predicted octanol–water partition coefficient (Wildman–Crippen LogP) is 0.992. The number of nitrogen functional groups attached to an aromatic ring is 2. The van der Waals surface area contributed by atoms with Gasteiger partial charge in [0.15, 0.2) is 0 Å². The first-order chi connectivity index (χ1) is 5.29. The van der Waals surface area contributed by atoms with Crippen molar-refractivity contribution in [2.45, 2.75) is 0 Å². The highest BCUT2D eigenvalue weighted by molar-refractivity contribution is 5.97. The Hall–Kier alpha value is -1.71. The van der Waals surface area contributed by atoms with Gasteiger partial charge >= 0.3 is 0 Å². The number of aromatic nitrogens is 1. The average molecular weight is 149 g/mol. The van der Waals surface area contributed by atoms with Crippen LogP contribution in [0.15, 0.2) is 22.7 Å². The molecule has 0 aliphatic heterocycles. The van der Waals surface area contributed by atoms with E-state index in [1.165, 1.54) is 0 Å². The molecule has 4 nitrogen and oxygen atoms in total. The highest BCUT2D eigenvalue weighted by Crippen LogP contribution is 2.25. The Morgan fingerprint density at radius 1 is 1.27 bits per heavy atom. The van der Waals surface area contributed by atoms with Crippen molar-refractivity contribution in [1.82, 2.24) is 5.16 Å². The summed E-state index contributed by atoms with van der Waals surface area (Å²) in [6.07, 6.45) is 0. The second kappa shape index (κ2) is 1.88. The van der Waals surface area contributed by atoms with E-state index in [4.69, 9.17) is 16.0 Å². The van der Waals surface area contributed by atoms with Gasteiger partial charge in [0.05, 0.1) is 5.39 Å². The van der Waals surface area contributed by atoms with Crippen molar-refractivity contribution in [3.63, 3.8) is 0 Å². The molecular formula is C7H7N3O. The van der Waals surface area contributed by atoms with E-state index in [-0.39, 0.29) is 5.88 Å². The summed E-state index contributed by atoms with van der Waals surface area (Å²) in [5.41, 5.74) is 12.4. The first-order valence-corrected chi connectivity index (χ1v) is 3.18. The maximum atomic E-state index is 5.62. The van der Waals surface area contributed by atoms with Crippen LogP contribution in [0, 0.1) is 0 Å². The van der Waals surface area contributed by atoms with Gasteiger partial charge in [-0.05, 0) is 12.1 Å². The molecule has 0 amide bonds. The second-order valence-corrected chi connectivity index (χ2v) is 2.29. The standard InChI is InChI=1S/C7H7N3O/c8-4-2-1-3-5-6(4)7(9)11-10-5/h1-3H,8-9H2. The summed E-state index contributed by atoms with van der Waals surface area (Å²) in [6, 6.07) is 5.36. The number of fused-ring (bicyclic) bond motifs is 1. The fourth-order valence-corrected chi connectivity index (χ4v) is 1.05. The summed E-state index contributed by atoms with van der Waals surface area (Å²) in [4.78, 5) is 0. The maximum absolute atomic E-state index is 5.62. The van der Waals surface area contributed by atoms with Crippen molar-refractivity contribution in [3.8, 4) is 0 Å². The molecule has 0 aliphatic carbocycles. The summed E-state index contributed by atoms with van der Waals surface area (Å²) in [7, 11) is 0. The number of hydrogen-bond donors (Lipinski definition) is 2. The molecule has 2 rings (SSSR count). The van der Waals surface area contributed by atoms with Crippen LogP contribution < -0.4 is 11.5 Å². The topological polar surface area (TPSA) is 78.1 Å². The van der Waals surface area contributed by atoms with E-state index in [9.17, 15) is 0 Å². The first-order valence-electron chi connectivity index (χ1n) is 3.18. The molecule has 0 spiro atoms. The van der Waals surface area contributed by atoms with E-state index in [1.807, 2.05) is 0 Å². The van der Waals surface area contributed by atoms with Gasteiger partial charge in [-0.15, -0.1) is 0 Å². The molecule has 0 bridgehead atoms. The summed E-state index contributed by atoms with van der Waals surface area (Å²) in [5.74, 6) is 0.276. The number of benzene rings is 1. The lowest BCUT2D eigenvalue weighted by molar-refractivity contribution is 0.445. The third kappa shape index (κ3) is 0.724. The number of hydrogen-bond acceptors (Lipinski definition) is 4. The fourth-order valence-electron chi connectivity index (χ4n) is 1.05. The smallest absolute Gasteiger partial charge is 0.232 e. The molecule has 2 aromatic rings. The molecule has 4 heteroatoms. The first kappa shape index (κ1) is 6.03. The molecule has 11 heavy (non-hydrogen) atoms. The zero-order valence-corrected chi connectivity index (χ0v) is 5.74. The summed E-state index contributed by atoms with van der Waals surface area (Å²) in [6.45, 7) is 0. The number of anilines is 2. The second-order valence-electron chi connectivity index (χ2n) is 2.29. The van der Waals surface area contributed by atoms with Crippen molar-refractivity contribution >= 4 is 22.5 Å². The largest absolute Gasteiger partial charge is 0.398 e. The Kier molecular flexibility index (Phi) is 1.03. The molecule has 1 heterocycles. The minimum Gasteiger partial charge on any atom is -0.398 e. The highest BCUT2D eigenvalue weighted by atomic mass is 16.5. The zero-order valence-electron chi connectivity index (χ0n) is 5.74. The van der Waals surface area contributed by atoms with Crippen LogP contribution in [-0.2, 0) is 0 Å². The highest BCUT2D eigenvalue weighted by Gasteiger charge is 2.05. The molecule has 0 unspecified atom stereocenters. The van der Waals surface area contributed by atoms with E-state index in [0.717, 1.165) is 0 Å².